The SMILES string of the molecule is O=C1CC(C(=O)N2CCN(c3ccc([N+](=O)[O-])cc3)CC2)CN1CCc1ccccc1. The average molecular weight is 422 g/mol. The number of nitrogens with zero attached hydrogens (tertiary/aromatic N) is 4. The van der Waals surface area contributed by atoms with Crippen molar-refractivity contribution in [1.82, 2.24) is 9.80 Å². The van der Waals surface area contributed by atoms with E-state index in [1.807, 2.05) is 40.1 Å². The lowest BCUT2D eigenvalue weighted by molar-refractivity contribution is -0.384. The highest BCUT2D eigenvalue weighted by Gasteiger charge is 2.37. The van der Waals surface area contributed by atoms with Crippen molar-refractivity contribution >= 4 is 23.2 Å². The van der Waals surface area contributed by atoms with Crippen molar-refractivity contribution < 1.29 is 14.5 Å². The minimum Gasteiger partial charge on any atom is -0.368 e. The number of carbonyl (C=O) groups excluding carboxylic acids is 2. The van der Waals surface area contributed by atoms with Crippen LogP contribution >= 0.6 is 0 Å². The quantitative estimate of drug-likeness (QED) is 0.527. The minimum atomic E-state index is -0.410. The predicted octanol–water partition coefficient (Wildman–Crippen LogP) is 2.33. The average Bonchev–Trinajstić information content (AvgIpc) is 3.18. The zero-order valence-electron chi connectivity index (χ0n) is 17.4. The molecule has 2 aromatic rings. The van der Waals surface area contributed by atoms with Gasteiger partial charge in [0.1, 0.15) is 0 Å². The molecular weight excluding hydrogens is 396 g/mol. The Balaban J connectivity index is 1.27. The van der Waals surface area contributed by atoms with Gasteiger partial charge in [0.05, 0.1) is 10.8 Å². The van der Waals surface area contributed by atoms with Gasteiger partial charge < -0.3 is 14.7 Å². The fraction of sp³-hybridized carbons (Fsp3) is 0.391. The van der Waals surface area contributed by atoms with E-state index in [2.05, 4.69) is 4.90 Å². The first-order chi connectivity index (χ1) is 15.0. The highest BCUT2D eigenvalue weighted by molar-refractivity contribution is 5.89. The van der Waals surface area contributed by atoms with Gasteiger partial charge in [0.2, 0.25) is 11.8 Å². The molecule has 31 heavy (non-hydrogen) atoms. The van der Waals surface area contributed by atoms with Crippen LogP contribution in [-0.4, -0.2) is 65.8 Å². The molecule has 0 radical (unpaired) electrons. The number of rotatable bonds is 6. The highest BCUT2D eigenvalue weighted by atomic mass is 16.6. The van der Waals surface area contributed by atoms with E-state index in [-0.39, 0.29) is 29.8 Å². The Morgan fingerprint density at radius 3 is 2.32 bits per heavy atom. The molecule has 2 aromatic carbocycles. The summed E-state index contributed by atoms with van der Waals surface area (Å²) in [5, 5.41) is 10.8. The molecule has 0 aromatic heterocycles. The summed E-state index contributed by atoms with van der Waals surface area (Å²) in [4.78, 5) is 41.6. The molecule has 0 spiro atoms. The van der Waals surface area contributed by atoms with Crippen molar-refractivity contribution in [2.75, 3.05) is 44.2 Å². The molecule has 2 fully saturated rings. The van der Waals surface area contributed by atoms with Gasteiger partial charge in [0.25, 0.3) is 5.69 Å². The summed E-state index contributed by atoms with van der Waals surface area (Å²) in [6.45, 7) is 3.65. The molecule has 2 heterocycles. The van der Waals surface area contributed by atoms with Gasteiger partial charge in [0, 0.05) is 63.5 Å². The van der Waals surface area contributed by atoms with Crippen LogP contribution in [0.5, 0.6) is 0 Å². The number of anilines is 1. The van der Waals surface area contributed by atoms with Crippen molar-refractivity contribution in [3.63, 3.8) is 0 Å². The topological polar surface area (TPSA) is 87.0 Å². The first kappa shape index (κ1) is 20.8. The van der Waals surface area contributed by atoms with Gasteiger partial charge in [0.15, 0.2) is 0 Å². The van der Waals surface area contributed by atoms with Crippen LogP contribution in [0.4, 0.5) is 11.4 Å². The maximum Gasteiger partial charge on any atom is 0.269 e. The molecule has 0 N–H and O–H groups in total. The number of nitro groups is 1. The van der Waals surface area contributed by atoms with Crippen LogP contribution in [0.3, 0.4) is 0 Å². The highest BCUT2D eigenvalue weighted by Crippen LogP contribution is 2.24. The van der Waals surface area contributed by atoms with Crippen molar-refractivity contribution in [2.45, 2.75) is 12.8 Å². The summed E-state index contributed by atoms with van der Waals surface area (Å²) < 4.78 is 0. The lowest BCUT2D eigenvalue weighted by Crippen LogP contribution is -2.50. The molecule has 1 atom stereocenters. The van der Waals surface area contributed by atoms with E-state index in [4.69, 9.17) is 0 Å². The Morgan fingerprint density at radius 1 is 1.00 bits per heavy atom. The predicted molar refractivity (Wildman–Crippen MR) is 117 cm³/mol. The van der Waals surface area contributed by atoms with Crippen molar-refractivity contribution in [1.29, 1.82) is 0 Å². The van der Waals surface area contributed by atoms with Gasteiger partial charge in [-0.2, -0.15) is 0 Å². The zero-order valence-corrected chi connectivity index (χ0v) is 17.4. The van der Waals surface area contributed by atoms with Crippen LogP contribution in [0.1, 0.15) is 12.0 Å². The lowest BCUT2D eigenvalue weighted by atomic mass is 10.1. The van der Waals surface area contributed by atoms with Gasteiger partial charge in [-0.25, -0.2) is 0 Å². The van der Waals surface area contributed by atoms with Crippen molar-refractivity contribution in [2.24, 2.45) is 5.92 Å². The summed E-state index contributed by atoms with van der Waals surface area (Å²) in [5.74, 6) is -0.160. The number of piperazine rings is 1. The first-order valence-electron chi connectivity index (χ1n) is 10.6. The van der Waals surface area contributed by atoms with Crippen LogP contribution in [0.25, 0.3) is 0 Å². The molecular formula is C23H26N4O4. The normalized spacial score (nSPS) is 19.0. The number of hydrogen-bond donors (Lipinski definition) is 0. The first-order valence-corrected chi connectivity index (χ1v) is 10.6. The molecule has 0 bridgehead atoms. The Labute approximate surface area is 181 Å². The molecule has 0 saturated carbocycles. The Kier molecular flexibility index (Phi) is 6.16. The van der Waals surface area contributed by atoms with Crippen LogP contribution in [0, 0.1) is 16.0 Å². The maximum absolute atomic E-state index is 13.0. The number of likely N-dealkylation sites (tertiary alicyclic amines) is 1. The van der Waals surface area contributed by atoms with Crippen LogP contribution < -0.4 is 4.90 Å². The molecule has 2 aliphatic heterocycles. The van der Waals surface area contributed by atoms with Crippen LogP contribution in [0.15, 0.2) is 54.6 Å². The number of non-ortho nitro benzene ring substituents is 1. The minimum absolute atomic E-state index is 0.0544. The molecule has 2 saturated heterocycles. The Bertz CT molecular complexity index is 940. The van der Waals surface area contributed by atoms with E-state index in [1.165, 1.54) is 17.7 Å². The largest absolute Gasteiger partial charge is 0.368 e. The molecule has 162 valence electrons. The third kappa shape index (κ3) is 4.84. The number of nitro benzene ring substituents is 1. The third-order valence-electron chi connectivity index (χ3n) is 6.09. The van der Waals surface area contributed by atoms with Crippen LogP contribution in [-0.2, 0) is 16.0 Å². The fourth-order valence-electron chi connectivity index (χ4n) is 4.29. The Morgan fingerprint density at radius 2 is 1.68 bits per heavy atom. The molecule has 2 aliphatic rings. The van der Waals surface area contributed by atoms with Gasteiger partial charge in [-0.1, -0.05) is 30.3 Å². The van der Waals surface area contributed by atoms with Gasteiger partial charge in [-0.3, -0.25) is 19.7 Å². The number of hydrogen-bond acceptors (Lipinski definition) is 5. The summed E-state index contributed by atoms with van der Waals surface area (Å²) >= 11 is 0. The second-order valence-corrected chi connectivity index (χ2v) is 8.06. The lowest BCUT2D eigenvalue weighted by Gasteiger charge is -2.37. The van der Waals surface area contributed by atoms with Gasteiger partial charge in [-0.05, 0) is 24.1 Å². The molecule has 8 heteroatoms. The second-order valence-electron chi connectivity index (χ2n) is 8.06. The molecule has 8 nitrogen and oxygen atoms in total. The van der Waals surface area contributed by atoms with Crippen molar-refractivity contribution in [3.8, 4) is 0 Å². The standard InChI is InChI=1S/C23H26N4O4/c28-22-16-19(17-26(22)11-10-18-4-2-1-3-5-18)23(29)25-14-12-24(13-15-25)20-6-8-21(9-7-20)27(30)31/h1-9,19H,10-17H2. The molecule has 0 aliphatic carbocycles. The monoisotopic (exact) mass is 422 g/mol. The van der Waals surface area contributed by atoms with Gasteiger partial charge >= 0.3 is 0 Å². The number of benzene rings is 2. The van der Waals surface area contributed by atoms with E-state index in [9.17, 15) is 19.7 Å². The van der Waals surface area contributed by atoms with E-state index in [1.54, 1.807) is 12.1 Å². The number of carbonyl (C=O) groups is 2. The number of amides is 2. The molecule has 2 amide bonds. The van der Waals surface area contributed by atoms with Crippen molar-refractivity contribution in [3.05, 3.63) is 70.3 Å². The summed E-state index contributed by atoms with van der Waals surface area (Å²) in [7, 11) is 0. The molecule has 1 unspecified atom stereocenters. The van der Waals surface area contributed by atoms with E-state index in [0.717, 1.165) is 12.1 Å². The van der Waals surface area contributed by atoms with E-state index < -0.39 is 4.92 Å². The Hall–Kier alpha value is -3.42. The zero-order chi connectivity index (χ0) is 21.8. The third-order valence-corrected chi connectivity index (χ3v) is 6.09. The second kappa shape index (κ2) is 9.16. The van der Waals surface area contributed by atoms with E-state index >= 15 is 0 Å². The summed E-state index contributed by atoms with van der Waals surface area (Å²) in [6, 6.07) is 16.5. The summed E-state index contributed by atoms with van der Waals surface area (Å²) in [6.07, 6.45) is 1.08. The summed E-state index contributed by atoms with van der Waals surface area (Å²) in [5.41, 5.74) is 2.17. The van der Waals surface area contributed by atoms with E-state index in [0.29, 0.717) is 39.3 Å². The van der Waals surface area contributed by atoms with Gasteiger partial charge in [-0.15, -0.1) is 0 Å². The van der Waals surface area contributed by atoms with Crippen LogP contribution in [0.2, 0.25) is 0 Å². The maximum atomic E-state index is 13.0. The molecule has 4 rings (SSSR count). The fourth-order valence-corrected chi connectivity index (χ4v) is 4.29. The smallest absolute Gasteiger partial charge is 0.269 e.